The maximum atomic E-state index is 10.5. The summed E-state index contributed by atoms with van der Waals surface area (Å²) in [5.41, 5.74) is 4.96. The molecular weight excluding hydrogens is 158 g/mol. The summed E-state index contributed by atoms with van der Waals surface area (Å²) in [4.78, 5) is 21.0. The van der Waals surface area contributed by atoms with Gasteiger partial charge in [-0.2, -0.15) is 0 Å². The molecule has 0 unspecified atom stereocenters. The molecule has 0 bridgehead atoms. The lowest BCUT2D eigenvalue weighted by Crippen LogP contribution is -2.18. The van der Waals surface area contributed by atoms with Gasteiger partial charge < -0.3 is 10.5 Å². The third kappa shape index (κ3) is 8.84. The Balaban J connectivity index is 0. The Bertz CT molecular complexity index is 145. The zero-order valence-electron chi connectivity index (χ0n) is 7.34. The molecule has 0 heterocycles. The van der Waals surface area contributed by atoms with Crippen LogP contribution in [0.2, 0.25) is 0 Å². The summed E-state index contributed by atoms with van der Waals surface area (Å²) in [5.74, 6) is -0.795. The van der Waals surface area contributed by atoms with Crippen molar-refractivity contribution >= 4 is 11.8 Å². The van der Waals surface area contributed by atoms with Crippen molar-refractivity contribution in [2.45, 2.75) is 13.3 Å². The van der Waals surface area contributed by atoms with E-state index in [9.17, 15) is 9.59 Å². The van der Waals surface area contributed by atoms with Gasteiger partial charge in [-0.1, -0.05) is 0 Å². The standard InChI is InChI=1S/C6H11NO3.C2H4/c1-2-10-6(9)3-5(8)4-7;1-2/h2-4,7H2,1H3;1-2H2. The fraction of sp³-hybridized carbons (Fsp3) is 0.500. The number of carbonyl (C=O) groups excluding carboxylic acids is 2. The highest BCUT2D eigenvalue weighted by molar-refractivity contribution is 5.96. The molecule has 4 heteroatoms. The Morgan fingerprint density at radius 1 is 1.42 bits per heavy atom. The van der Waals surface area contributed by atoms with Crippen LogP contribution in [0.4, 0.5) is 0 Å². The summed E-state index contributed by atoms with van der Waals surface area (Å²) in [6.07, 6.45) is -0.204. The fourth-order valence-electron chi connectivity index (χ4n) is 0.445. The highest BCUT2D eigenvalue weighted by atomic mass is 16.5. The third-order valence-electron chi connectivity index (χ3n) is 0.875. The van der Waals surface area contributed by atoms with Gasteiger partial charge in [-0.25, -0.2) is 0 Å². The minimum Gasteiger partial charge on any atom is -0.466 e. The molecule has 0 aromatic rings. The van der Waals surface area contributed by atoms with Crippen molar-refractivity contribution in [3.05, 3.63) is 13.2 Å². The molecule has 0 aliphatic carbocycles. The van der Waals surface area contributed by atoms with E-state index in [4.69, 9.17) is 5.73 Å². The first-order chi connectivity index (χ1) is 5.70. The molecular formula is C8H15NO3. The molecule has 0 aliphatic rings. The zero-order chi connectivity index (χ0) is 9.98. The molecule has 0 saturated heterocycles. The smallest absolute Gasteiger partial charge is 0.313 e. The van der Waals surface area contributed by atoms with Gasteiger partial charge in [0.05, 0.1) is 13.2 Å². The highest BCUT2D eigenvalue weighted by Crippen LogP contribution is 1.86. The van der Waals surface area contributed by atoms with Gasteiger partial charge in [-0.05, 0) is 6.92 Å². The lowest BCUT2D eigenvalue weighted by molar-refractivity contribution is -0.145. The summed E-state index contributed by atoms with van der Waals surface area (Å²) < 4.78 is 4.50. The lowest BCUT2D eigenvalue weighted by Gasteiger charge is -1.97. The Kier molecular flexibility index (Phi) is 11.0. The second-order valence-corrected chi connectivity index (χ2v) is 1.72. The van der Waals surface area contributed by atoms with E-state index in [2.05, 4.69) is 17.9 Å². The summed E-state index contributed by atoms with van der Waals surface area (Å²) >= 11 is 0. The molecule has 0 rings (SSSR count). The Morgan fingerprint density at radius 3 is 2.25 bits per heavy atom. The monoisotopic (exact) mass is 173 g/mol. The van der Waals surface area contributed by atoms with E-state index in [1.807, 2.05) is 0 Å². The molecule has 12 heavy (non-hydrogen) atoms. The SMILES string of the molecule is C=C.CCOC(=O)CC(=O)CN. The van der Waals surface area contributed by atoms with Gasteiger partial charge in [0, 0.05) is 0 Å². The van der Waals surface area contributed by atoms with Crippen molar-refractivity contribution in [3.63, 3.8) is 0 Å². The Labute approximate surface area is 72.4 Å². The minimum atomic E-state index is -0.502. The number of hydrogen-bond acceptors (Lipinski definition) is 4. The molecule has 0 fully saturated rings. The number of esters is 1. The summed E-state index contributed by atoms with van der Waals surface area (Å²) in [6.45, 7) is 7.89. The predicted molar refractivity (Wildman–Crippen MR) is 46.6 cm³/mol. The molecule has 0 atom stereocenters. The fourth-order valence-corrected chi connectivity index (χ4v) is 0.445. The lowest BCUT2D eigenvalue weighted by atomic mass is 10.3. The molecule has 0 aromatic carbocycles. The van der Waals surface area contributed by atoms with Crippen molar-refractivity contribution in [2.75, 3.05) is 13.2 Å². The van der Waals surface area contributed by atoms with Crippen LogP contribution in [-0.2, 0) is 14.3 Å². The molecule has 0 amide bonds. The quantitative estimate of drug-likeness (QED) is 0.376. The Hall–Kier alpha value is -1.16. The number of Topliss-reactive ketones (excluding diaryl/α,β-unsaturated/α-hetero) is 1. The van der Waals surface area contributed by atoms with Gasteiger partial charge in [-0.15, -0.1) is 13.2 Å². The van der Waals surface area contributed by atoms with Crippen LogP contribution in [0, 0.1) is 0 Å². The van der Waals surface area contributed by atoms with Crippen molar-refractivity contribution in [2.24, 2.45) is 5.73 Å². The maximum Gasteiger partial charge on any atom is 0.313 e. The molecule has 4 nitrogen and oxygen atoms in total. The molecule has 0 radical (unpaired) electrons. The van der Waals surface area contributed by atoms with Gasteiger partial charge in [0.2, 0.25) is 0 Å². The van der Waals surface area contributed by atoms with Gasteiger partial charge >= 0.3 is 5.97 Å². The number of hydrogen-bond donors (Lipinski definition) is 1. The van der Waals surface area contributed by atoms with E-state index in [0.717, 1.165) is 0 Å². The van der Waals surface area contributed by atoms with Crippen molar-refractivity contribution in [3.8, 4) is 0 Å². The van der Waals surface area contributed by atoms with E-state index >= 15 is 0 Å². The molecule has 70 valence electrons. The van der Waals surface area contributed by atoms with Crippen LogP contribution in [0.25, 0.3) is 0 Å². The number of carbonyl (C=O) groups is 2. The van der Waals surface area contributed by atoms with Crippen LogP contribution >= 0.6 is 0 Å². The van der Waals surface area contributed by atoms with Crippen LogP contribution < -0.4 is 5.73 Å². The molecule has 0 aliphatic heterocycles. The van der Waals surface area contributed by atoms with Gasteiger partial charge in [-0.3, -0.25) is 9.59 Å². The molecule has 0 aromatic heterocycles. The minimum absolute atomic E-state index is 0.0984. The first kappa shape index (κ1) is 13.4. The molecule has 2 N–H and O–H groups in total. The van der Waals surface area contributed by atoms with Gasteiger partial charge in [0.25, 0.3) is 0 Å². The predicted octanol–water partition coefficient (Wildman–Crippen LogP) is 0.270. The number of nitrogens with two attached hydrogens (primary N) is 1. The number of ether oxygens (including phenoxy) is 1. The van der Waals surface area contributed by atoms with E-state index in [-0.39, 0.29) is 18.7 Å². The van der Waals surface area contributed by atoms with E-state index in [1.54, 1.807) is 6.92 Å². The second kappa shape index (κ2) is 9.84. The van der Waals surface area contributed by atoms with E-state index in [0.29, 0.717) is 6.61 Å². The van der Waals surface area contributed by atoms with Crippen LogP contribution in [0.3, 0.4) is 0 Å². The summed E-state index contributed by atoms with van der Waals surface area (Å²) in [6, 6.07) is 0. The Morgan fingerprint density at radius 2 is 1.92 bits per heavy atom. The average Bonchev–Trinajstić information content (AvgIpc) is 2.08. The maximum absolute atomic E-state index is 10.5. The van der Waals surface area contributed by atoms with Gasteiger partial charge in [0.1, 0.15) is 6.42 Å². The summed E-state index contributed by atoms with van der Waals surface area (Å²) in [5, 5.41) is 0. The third-order valence-corrected chi connectivity index (χ3v) is 0.875. The average molecular weight is 173 g/mol. The zero-order valence-corrected chi connectivity index (χ0v) is 7.34. The normalized spacial score (nSPS) is 7.83. The second-order valence-electron chi connectivity index (χ2n) is 1.72. The van der Waals surface area contributed by atoms with Crippen molar-refractivity contribution in [1.82, 2.24) is 0 Å². The molecule has 0 spiro atoms. The van der Waals surface area contributed by atoms with Gasteiger partial charge in [0.15, 0.2) is 5.78 Å². The van der Waals surface area contributed by atoms with Crippen molar-refractivity contribution < 1.29 is 14.3 Å². The highest BCUT2D eigenvalue weighted by Gasteiger charge is 2.06. The van der Waals surface area contributed by atoms with E-state index < -0.39 is 5.97 Å². The van der Waals surface area contributed by atoms with Crippen molar-refractivity contribution in [1.29, 1.82) is 0 Å². The van der Waals surface area contributed by atoms with Crippen LogP contribution in [0.1, 0.15) is 13.3 Å². The number of ketones is 1. The van der Waals surface area contributed by atoms with Crippen LogP contribution in [0.5, 0.6) is 0 Å². The summed E-state index contributed by atoms with van der Waals surface area (Å²) in [7, 11) is 0. The largest absolute Gasteiger partial charge is 0.466 e. The van der Waals surface area contributed by atoms with Crippen LogP contribution in [-0.4, -0.2) is 24.9 Å². The topological polar surface area (TPSA) is 69.4 Å². The molecule has 0 saturated carbocycles. The van der Waals surface area contributed by atoms with E-state index in [1.165, 1.54) is 0 Å². The van der Waals surface area contributed by atoms with Crippen LogP contribution in [0.15, 0.2) is 13.2 Å². The first-order valence-electron chi connectivity index (χ1n) is 3.58. The first-order valence-corrected chi connectivity index (χ1v) is 3.58. The number of rotatable bonds is 4.